The van der Waals surface area contributed by atoms with E-state index >= 15 is 0 Å². The summed E-state index contributed by atoms with van der Waals surface area (Å²) >= 11 is 1.57. The van der Waals surface area contributed by atoms with Crippen LogP contribution < -0.4 is 5.32 Å². The highest BCUT2D eigenvalue weighted by molar-refractivity contribution is 7.14. The van der Waals surface area contributed by atoms with Crippen LogP contribution in [0.1, 0.15) is 22.3 Å². The van der Waals surface area contributed by atoms with Crippen LogP contribution in [0.4, 0.5) is 10.9 Å². The average Bonchev–Trinajstić information content (AvgIpc) is 3.15. The van der Waals surface area contributed by atoms with E-state index in [1.165, 1.54) is 22.3 Å². The minimum atomic E-state index is 0.698. The van der Waals surface area contributed by atoms with Crippen molar-refractivity contribution >= 4 is 22.3 Å². The van der Waals surface area contributed by atoms with Crippen LogP contribution >= 0.6 is 11.3 Å². The van der Waals surface area contributed by atoms with Crippen molar-refractivity contribution in [3.63, 3.8) is 0 Å². The Bertz CT molecular complexity index is 1020. The molecule has 0 saturated heterocycles. The van der Waals surface area contributed by atoms with Gasteiger partial charge in [0.2, 0.25) is 0 Å². The number of aromatic nitrogens is 3. The predicted octanol–water partition coefficient (Wildman–Crippen LogP) is 5.55. The third-order valence-corrected chi connectivity index (χ3v) is 5.28. The van der Waals surface area contributed by atoms with Gasteiger partial charge in [-0.1, -0.05) is 30.3 Å². The molecule has 0 fully saturated rings. The van der Waals surface area contributed by atoms with E-state index in [4.69, 9.17) is 4.98 Å². The van der Waals surface area contributed by atoms with Crippen LogP contribution in [0.2, 0.25) is 0 Å². The number of nitrogens with zero attached hydrogens (tertiary/aromatic N) is 3. The van der Waals surface area contributed by atoms with Gasteiger partial charge in [0.15, 0.2) is 10.9 Å². The Morgan fingerprint density at radius 3 is 2.48 bits per heavy atom. The first-order valence-corrected chi connectivity index (χ1v) is 9.70. The number of rotatable bonds is 5. The van der Waals surface area contributed by atoms with Gasteiger partial charge in [-0.15, -0.1) is 11.3 Å². The van der Waals surface area contributed by atoms with Gasteiger partial charge in [-0.05, 0) is 54.7 Å². The molecule has 5 heteroatoms. The van der Waals surface area contributed by atoms with Crippen LogP contribution in [-0.4, -0.2) is 15.0 Å². The summed E-state index contributed by atoms with van der Waals surface area (Å²) in [6.07, 6.45) is 5.96. The van der Waals surface area contributed by atoms with E-state index in [-0.39, 0.29) is 0 Å². The summed E-state index contributed by atoms with van der Waals surface area (Å²) in [5, 5.41) is 6.09. The number of hydrogen-bond acceptors (Lipinski definition) is 5. The topological polar surface area (TPSA) is 50.7 Å². The van der Waals surface area contributed by atoms with Gasteiger partial charge < -0.3 is 5.32 Å². The van der Waals surface area contributed by atoms with Crippen LogP contribution in [0, 0.1) is 13.8 Å². The molecule has 4 rings (SSSR count). The van der Waals surface area contributed by atoms with Crippen LogP contribution in [-0.2, 0) is 6.42 Å². The lowest BCUT2D eigenvalue weighted by atomic mass is 9.93. The molecule has 0 saturated carbocycles. The van der Waals surface area contributed by atoms with Gasteiger partial charge in [0.25, 0.3) is 0 Å². The van der Waals surface area contributed by atoms with E-state index in [1.54, 1.807) is 29.9 Å². The lowest BCUT2D eigenvalue weighted by molar-refractivity contribution is 1.12. The predicted molar refractivity (Wildman–Crippen MR) is 112 cm³/mol. The number of anilines is 2. The van der Waals surface area contributed by atoms with E-state index < -0.39 is 0 Å². The van der Waals surface area contributed by atoms with Crippen molar-refractivity contribution in [1.82, 2.24) is 15.0 Å². The molecule has 1 N–H and O–H groups in total. The molecule has 4 aromatic rings. The summed E-state index contributed by atoms with van der Waals surface area (Å²) in [7, 11) is 0. The van der Waals surface area contributed by atoms with Gasteiger partial charge in [0, 0.05) is 23.3 Å². The van der Waals surface area contributed by atoms with Gasteiger partial charge >= 0.3 is 0 Å². The first kappa shape index (κ1) is 17.4. The van der Waals surface area contributed by atoms with Crippen molar-refractivity contribution < 1.29 is 0 Å². The largest absolute Gasteiger partial charge is 0.315 e. The fourth-order valence-corrected chi connectivity index (χ4v) is 3.88. The normalized spacial score (nSPS) is 10.7. The Kier molecular flexibility index (Phi) is 4.94. The Hall–Kier alpha value is -3.05. The van der Waals surface area contributed by atoms with E-state index in [9.17, 15) is 0 Å². The fraction of sp³-hybridized carbons (Fsp3) is 0.136. The van der Waals surface area contributed by atoms with Crippen molar-refractivity contribution in [1.29, 1.82) is 0 Å². The van der Waals surface area contributed by atoms with Gasteiger partial charge in [-0.25, -0.2) is 9.97 Å². The molecule has 0 aliphatic carbocycles. The summed E-state index contributed by atoms with van der Waals surface area (Å²) in [4.78, 5) is 13.0. The Morgan fingerprint density at radius 2 is 1.78 bits per heavy atom. The average molecular weight is 372 g/mol. The van der Waals surface area contributed by atoms with Crippen molar-refractivity contribution in [3.05, 3.63) is 88.7 Å². The molecule has 0 spiro atoms. The highest BCUT2D eigenvalue weighted by atomic mass is 32.1. The maximum absolute atomic E-state index is 4.71. The van der Waals surface area contributed by atoms with Crippen LogP contribution in [0.3, 0.4) is 0 Å². The van der Waals surface area contributed by atoms with Gasteiger partial charge in [0.05, 0.1) is 11.9 Å². The summed E-state index contributed by atoms with van der Waals surface area (Å²) in [5.41, 5.74) is 7.43. The van der Waals surface area contributed by atoms with Crippen molar-refractivity contribution in [2.24, 2.45) is 0 Å². The standard InChI is InChI=1S/C22H20N4S/c1-15-10-18(11-16(2)19(15)12-17-6-4-3-5-7-17)20-14-27-22(25-20)26-21-13-23-8-9-24-21/h3-11,13-14H,12H2,1-2H3,(H,24,25,26). The Labute approximate surface area is 163 Å². The molecule has 2 aromatic carbocycles. The quantitative estimate of drug-likeness (QED) is 0.499. The van der Waals surface area contributed by atoms with Crippen molar-refractivity contribution in [2.75, 3.05) is 5.32 Å². The third kappa shape index (κ3) is 4.04. The van der Waals surface area contributed by atoms with E-state index in [0.717, 1.165) is 22.8 Å². The van der Waals surface area contributed by atoms with Crippen molar-refractivity contribution in [3.8, 4) is 11.3 Å². The number of aryl methyl sites for hydroxylation is 2. The zero-order chi connectivity index (χ0) is 18.6. The number of hydrogen-bond donors (Lipinski definition) is 1. The fourth-order valence-electron chi connectivity index (χ4n) is 3.16. The maximum Gasteiger partial charge on any atom is 0.188 e. The second-order valence-electron chi connectivity index (χ2n) is 6.50. The number of benzene rings is 2. The van der Waals surface area contributed by atoms with E-state index in [0.29, 0.717) is 5.82 Å². The van der Waals surface area contributed by atoms with Crippen LogP contribution in [0.5, 0.6) is 0 Å². The third-order valence-electron chi connectivity index (χ3n) is 4.52. The maximum atomic E-state index is 4.71. The van der Waals surface area contributed by atoms with Gasteiger partial charge in [0.1, 0.15) is 0 Å². The van der Waals surface area contributed by atoms with Crippen LogP contribution in [0.25, 0.3) is 11.3 Å². The zero-order valence-electron chi connectivity index (χ0n) is 15.3. The summed E-state index contributed by atoms with van der Waals surface area (Å²) in [6, 6.07) is 15.1. The molecule has 0 atom stereocenters. The Balaban J connectivity index is 1.58. The SMILES string of the molecule is Cc1cc(-c2csc(Nc3cnccn3)n2)cc(C)c1Cc1ccccc1. The number of nitrogens with one attached hydrogen (secondary N) is 1. The smallest absolute Gasteiger partial charge is 0.188 e. The molecule has 27 heavy (non-hydrogen) atoms. The highest BCUT2D eigenvalue weighted by Gasteiger charge is 2.10. The molecule has 2 heterocycles. The zero-order valence-corrected chi connectivity index (χ0v) is 16.1. The first-order chi connectivity index (χ1) is 13.2. The molecule has 0 amide bonds. The molecule has 0 aliphatic heterocycles. The first-order valence-electron chi connectivity index (χ1n) is 8.82. The molecule has 4 nitrogen and oxygen atoms in total. The minimum absolute atomic E-state index is 0.698. The monoisotopic (exact) mass is 372 g/mol. The molecule has 0 aliphatic rings. The Morgan fingerprint density at radius 1 is 1.00 bits per heavy atom. The lowest BCUT2D eigenvalue weighted by Gasteiger charge is -2.12. The van der Waals surface area contributed by atoms with E-state index in [2.05, 4.69) is 77.0 Å². The molecule has 0 radical (unpaired) electrons. The van der Waals surface area contributed by atoms with Crippen LogP contribution in [0.15, 0.2) is 66.4 Å². The van der Waals surface area contributed by atoms with Gasteiger partial charge in [-0.3, -0.25) is 4.98 Å². The summed E-state index contributed by atoms with van der Waals surface area (Å²) < 4.78 is 0. The second kappa shape index (κ2) is 7.68. The number of thiazole rings is 1. The highest BCUT2D eigenvalue weighted by Crippen LogP contribution is 2.30. The molecular formula is C22H20N4S. The molecule has 2 aromatic heterocycles. The molecule has 0 bridgehead atoms. The van der Waals surface area contributed by atoms with Gasteiger partial charge in [-0.2, -0.15) is 0 Å². The summed E-state index contributed by atoms with van der Waals surface area (Å²) in [6.45, 7) is 4.36. The second-order valence-corrected chi connectivity index (χ2v) is 7.36. The summed E-state index contributed by atoms with van der Waals surface area (Å²) in [5.74, 6) is 0.698. The molecular weight excluding hydrogens is 352 g/mol. The minimum Gasteiger partial charge on any atom is -0.315 e. The van der Waals surface area contributed by atoms with Crippen molar-refractivity contribution in [2.45, 2.75) is 20.3 Å². The molecule has 0 unspecified atom stereocenters. The molecule has 134 valence electrons. The van der Waals surface area contributed by atoms with E-state index in [1.807, 2.05) is 0 Å². The lowest BCUT2D eigenvalue weighted by Crippen LogP contribution is -1.97.